The van der Waals surface area contributed by atoms with Crippen LogP contribution in [0.5, 0.6) is 0 Å². The maximum absolute atomic E-state index is 2.69. The maximum Gasteiger partial charge on any atom is -0.00562 e. The van der Waals surface area contributed by atoms with Gasteiger partial charge in [0.15, 0.2) is 0 Å². The molecule has 0 unspecified atom stereocenters. The summed E-state index contributed by atoms with van der Waals surface area (Å²) < 4.78 is 0. The number of hydrogen-bond acceptors (Lipinski definition) is 0. The van der Waals surface area contributed by atoms with Crippen molar-refractivity contribution in [3.05, 3.63) is 11.6 Å². The first kappa shape index (κ1) is 9.93. The van der Waals surface area contributed by atoms with E-state index >= 15 is 0 Å². The van der Waals surface area contributed by atoms with E-state index in [9.17, 15) is 0 Å². The van der Waals surface area contributed by atoms with E-state index < -0.39 is 0 Å². The Labute approximate surface area is 94.1 Å². The Hall–Kier alpha value is -0.260. The number of fused-ring (bicyclic) bond motifs is 1. The smallest absolute Gasteiger partial charge is 0.00562 e. The van der Waals surface area contributed by atoms with E-state index in [4.69, 9.17) is 0 Å². The molecule has 84 valence electrons. The minimum absolute atomic E-state index is 0.571. The highest BCUT2D eigenvalue weighted by molar-refractivity contribution is 5.28. The third-order valence-electron chi connectivity index (χ3n) is 6.16. The molecule has 0 heterocycles. The Morgan fingerprint density at radius 1 is 1.20 bits per heavy atom. The van der Waals surface area contributed by atoms with Crippen molar-refractivity contribution in [1.82, 2.24) is 0 Å². The fourth-order valence-corrected chi connectivity index (χ4v) is 5.45. The zero-order valence-corrected chi connectivity index (χ0v) is 10.6. The maximum atomic E-state index is 2.69. The molecule has 0 saturated heterocycles. The Balaban J connectivity index is 2.16. The van der Waals surface area contributed by atoms with E-state index in [-0.39, 0.29) is 0 Å². The summed E-state index contributed by atoms with van der Waals surface area (Å²) >= 11 is 0. The largest absolute Gasteiger partial charge is 0.0785 e. The highest BCUT2D eigenvalue weighted by Crippen LogP contribution is 2.68. The van der Waals surface area contributed by atoms with Crippen molar-refractivity contribution in [2.24, 2.45) is 28.6 Å². The lowest BCUT2D eigenvalue weighted by atomic mass is 9.46. The Morgan fingerprint density at radius 2 is 1.93 bits per heavy atom. The first-order valence-electron chi connectivity index (χ1n) is 6.68. The van der Waals surface area contributed by atoms with Crippen molar-refractivity contribution >= 4 is 0 Å². The van der Waals surface area contributed by atoms with Gasteiger partial charge in [0.05, 0.1) is 0 Å². The van der Waals surface area contributed by atoms with Crippen LogP contribution < -0.4 is 0 Å². The van der Waals surface area contributed by atoms with Gasteiger partial charge in [-0.1, -0.05) is 32.4 Å². The summed E-state index contributed by atoms with van der Waals surface area (Å²) in [5.41, 5.74) is 2.88. The average molecular weight is 204 g/mol. The third kappa shape index (κ3) is 0.990. The molecule has 2 bridgehead atoms. The summed E-state index contributed by atoms with van der Waals surface area (Å²) in [5.74, 6) is 2.79. The van der Waals surface area contributed by atoms with Crippen LogP contribution in [0.25, 0.3) is 0 Å². The molecule has 15 heavy (non-hydrogen) atoms. The molecule has 4 aliphatic carbocycles. The lowest BCUT2D eigenvalue weighted by Crippen LogP contribution is -2.50. The van der Waals surface area contributed by atoms with Gasteiger partial charge in [0, 0.05) is 0 Å². The first-order chi connectivity index (χ1) is 6.98. The highest BCUT2D eigenvalue weighted by Gasteiger charge is 2.60. The molecule has 0 radical (unpaired) electrons. The van der Waals surface area contributed by atoms with Gasteiger partial charge in [-0.3, -0.25) is 0 Å². The van der Waals surface area contributed by atoms with Crippen molar-refractivity contribution < 1.29 is 0 Å². The number of hydrogen-bond donors (Lipinski definition) is 0. The van der Waals surface area contributed by atoms with Crippen LogP contribution in [0.15, 0.2) is 11.6 Å². The normalized spacial score (nSPS) is 51.5. The summed E-state index contributed by atoms with van der Waals surface area (Å²) in [6.07, 6.45) is 8.56. The van der Waals surface area contributed by atoms with Crippen molar-refractivity contribution in [3.8, 4) is 0 Å². The summed E-state index contributed by atoms with van der Waals surface area (Å²) in [7, 11) is 0. The molecule has 0 aliphatic heterocycles. The summed E-state index contributed by atoms with van der Waals surface area (Å²) in [4.78, 5) is 0. The topological polar surface area (TPSA) is 0 Å². The number of rotatable bonds is 0. The van der Waals surface area contributed by atoms with Gasteiger partial charge in [0.25, 0.3) is 0 Å². The van der Waals surface area contributed by atoms with Gasteiger partial charge in [-0.05, 0) is 61.2 Å². The Bertz CT molecular complexity index is 323. The standard InChI is InChI=1S/C15H24/c1-10-9-15-8-7-12(10)14(3,4)13(15)6-5-11(15)2/h9,11-13H,5-8H2,1-4H3/t11-,12-,13-,15-/m0/s1. The molecule has 2 fully saturated rings. The predicted octanol–water partition coefficient (Wildman–Crippen LogP) is 4.42. The Morgan fingerprint density at radius 3 is 2.60 bits per heavy atom. The van der Waals surface area contributed by atoms with Crippen molar-refractivity contribution in [2.75, 3.05) is 0 Å². The average Bonchev–Trinajstić information content (AvgIpc) is 2.45. The number of allylic oxidation sites excluding steroid dienone is 2. The lowest BCUT2D eigenvalue weighted by Gasteiger charge is -2.58. The second kappa shape index (κ2) is 2.70. The van der Waals surface area contributed by atoms with Crippen LogP contribution in [0, 0.1) is 28.6 Å². The summed E-state index contributed by atoms with van der Waals surface area (Å²) in [6.45, 7) is 9.94. The van der Waals surface area contributed by atoms with Crippen molar-refractivity contribution in [1.29, 1.82) is 0 Å². The molecular weight excluding hydrogens is 180 g/mol. The van der Waals surface area contributed by atoms with Crippen LogP contribution in [0.2, 0.25) is 0 Å². The first-order valence-corrected chi connectivity index (χ1v) is 6.68. The van der Waals surface area contributed by atoms with Crippen LogP contribution in [0.4, 0.5) is 0 Å². The predicted molar refractivity (Wildman–Crippen MR) is 64.6 cm³/mol. The molecule has 0 heteroatoms. The van der Waals surface area contributed by atoms with Crippen LogP contribution >= 0.6 is 0 Å². The molecule has 0 amide bonds. The molecule has 4 rings (SSSR count). The minimum atomic E-state index is 0.571. The van der Waals surface area contributed by atoms with E-state index in [1.54, 1.807) is 5.57 Å². The lowest BCUT2D eigenvalue weighted by molar-refractivity contribution is -0.0273. The van der Waals surface area contributed by atoms with Gasteiger partial charge in [0.1, 0.15) is 0 Å². The van der Waals surface area contributed by atoms with Gasteiger partial charge in [-0.25, -0.2) is 0 Å². The van der Waals surface area contributed by atoms with Gasteiger partial charge in [0.2, 0.25) is 0 Å². The van der Waals surface area contributed by atoms with E-state index in [1.165, 1.54) is 25.7 Å². The molecule has 0 aromatic rings. The minimum Gasteiger partial charge on any atom is -0.0785 e. The molecule has 0 nitrogen and oxygen atoms in total. The molecular formula is C15H24. The van der Waals surface area contributed by atoms with Gasteiger partial charge < -0.3 is 0 Å². The fourth-order valence-electron chi connectivity index (χ4n) is 5.45. The SMILES string of the molecule is CC1=C[C@]23CC[C@@H]1C(C)(C)[C@@H]2CC[C@@H]3C. The molecule has 0 aromatic heterocycles. The second-order valence-corrected chi connectivity index (χ2v) is 6.94. The molecule has 0 N–H and O–H groups in total. The van der Waals surface area contributed by atoms with Crippen LogP contribution in [-0.2, 0) is 0 Å². The zero-order chi connectivity index (χ0) is 10.8. The van der Waals surface area contributed by atoms with E-state index in [0.29, 0.717) is 10.8 Å². The van der Waals surface area contributed by atoms with Crippen LogP contribution in [0.3, 0.4) is 0 Å². The van der Waals surface area contributed by atoms with E-state index in [0.717, 1.165) is 17.8 Å². The summed E-state index contributed by atoms with van der Waals surface area (Å²) in [6, 6.07) is 0. The molecule has 0 aromatic carbocycles. The fraction of sp³-hybridized carbons (Fsp3) is 0.867. The van der Waals surface area contributed by atoms with Crippen LogP contribution in [-0.4, -0.2) is 0 Å². The quantitative estimate of drug-likeness (QED) is 0.513. The molecule has 4 atom stereocenters. The second-order valence-electron chi connectivity index (χ2n) is 6.94. The molecule has 4 aliphatic rings. The third-order valence-corrected chi connectivity index (χ3v) is 6.16. The highest BCUT2D eigenvalue weighted by atomic mass is 14.6. The van der Waals surface area contributed by atoms with Crippen molar-refractivity contribution in [3.63, 3.8) is 0 Å². The van der Waals surface area contributed by atoms with Gasteiger partial charge in [-0.2, -0.15) is 0 Å². The monoisotopic (exact) mass is 204 g/mol. The van der Waals surface area contributed by atoms with E-state index in [1.807, 2.05) is 0 Å². The zero-order valence-electron chi connectivity index (χ0n) is 10.6. The van der Waals surface area contributed by atoms with Crippen LogP contribution in [0.1, 0.15) is 53.4 Å². The van der Waals surface area contributed by atoms with E-state index in [2.05, 4.69) is 33.8 Å². The Kier molecular flexibility index (Phi) is 1.79. The van der Waals surface area contributed by atoms with Gasteiger partial charge >= 0.3 is 0 Å². The van der Waals surface area contributed by atoms with Crippen molar-refractivity contribution in [2.45, 2.75) is 53.4 Å². The molecule has 1 spiro atoms. The molecule has 2 saturated carbocycles. The summed E-state index contributed by atoms with van der Waals surface area (Å²) in [5, 5.41) is 0. The van der Waals surface area contributed by atoms with Gasteiger partial charge in [-0.15, -0.1) is 0 Å².